The highest BCUT2D eigenvalue weighted by molar-refractivity contribution is 5.05. The molecule has 13 heavy (non-hydrogen) atoms. The number of aliphatic hydroxyl groups is 1. The molecule has 0 saturated carbocycles. The van der Waals surface area contributed by atoms with Crippen molar-refractivity contribution in [1.29, 1.82) is 0 Å². The van der Waals surface area contributed by atoms with Crippen molar-refractivity contribution >= 4 is 0 Å². The first-order valence-corrected chi connectivity index (χ1v) is 4.86. The van der Waals surface area contributed by atoms with Crippen molar-refractivity contribution in [3.05, 3.63) is 18.0 Å². The van der Waals surface area contributed by atoms with Crippen LogP contribution in [-0.2, 0) is 6.54 Å². The molecule has 0 bridgehead atoms. The number of rotatable bonds is 4. The normalized spacial score (nSPS) is 13.6. The Balaban J connectivity index is 2.80. The van der Waals surface area contributed by atoms with Crippen LogP contribution in [-0.4, -0.2) is 14.9 Å². The smallest absolute Gasteiger partial charge is 0.0979 e. The van der Waals surface area contributed by atoms with Crippen molar-refractivity contribution in [2.45, 2.75) is 39.8 Å². The van der Waals surface area contributed by atoms with E-state index < -0.39 is 6.10 Å². The fourth-order valence-electron chi connectivity index (χ4n) is 1.33. The third-order valence-corrected chi connectivity index (χ3v) is 2.12. The van der Waals surface area contributed by atoms with Gasteiger partial charge in [0.05, 0.1) is 11.8 Å². The summed E-state index contributed by atoms with van der Waals surface area (Å²) in [5.41, 5.74) is 0.928. The topological polar surface area (TPSA) is 38.0 Å². The number of aliphatic hydroxyl groups excluding tert-OH is 1. The summed E-state index contributed by atoms with van der Waals surface area (Å²) in [5.74, 6) is 0.243. The molecule has 0 amide bonds. The minimum atomic E-state index is -0.394. The van der Waals surface area contributed by atoms with Gasteiger partial charge in [0.1, 0.15) is 0 Å². The van der Waals surface area contributed by atoms with Gasteiger partial charge in [-0.3, -0.25) is 4.68 Å². The van der Waals surface area contributed by atoms with Gasteiger partial charge < -0.3 is 5.11 Å². The maximum atomic E-state index is 9.83. The van der Waals surface area contributed by atoms with Gasteiger partial charge in [-0.05, 0) is 18.4 Å². The third kappa shape index (κ3) is 2.31. The van der Waals surface area contributed by atoms with Crippen LogP contribution in [0.1, 0.15) is 39.0 Å². The zero-order valence-electron chi connectivity index (χ0n) is 8.57. The summed E-state index contributed by atoms with van der Waals surface area (Å²) in [4.78, 5) is 0. The fourth-order valence-corrected chi connectivity index (χ4v) is 1.33. The molecule has 0 aliphatic rings. The predicted octanol–water partition coefficient (Wildman–Crippen LogP) is 1.98. The zero-order valence-corrected chi connectivity index (χ0v) is 8.57. The van der Waals surface area contributed by atoms with E-state index in [9.17, 15) is 5.11 Å². The van der Waals surface area contributed by atoms with Gasteiger partial charge in [0, 0.05) is 12.7 Å². The maximum Gasteiger partial charge on any atom is 0.0979 e. The van der Waals surface area contributed by atoms with Crippen molar-refractivity contribution in [3.63, 3.8) is 0 Å². The zero-order chi connectivity index (χ0) is 9.84. The number of hydrogen-bond donors (Lipinski definition) is 1. The number of nitrogens with zero attached hydrogens (tertiary/aromatic N) is 2. The largest absolute Gasteiger partial charge is 0.387 e. The number of hydrogen-bond acceptors (Lipinski definition) is 2. The highest BCUT2D eigenvalue weighted by atomic mass is 16.3. The van der Waals surface area contributed by atoms with Crippen LogP contribution in [0.2, 0.25) is 0 Å². The summed E-state index contributed by atoms with van der Waals surface area (Å²) < 4.78 is 1.88. The van der Waals surface area contributed by atoms with Crippen molar-refractivity contribution in [2.75, 3.05) is 0 Å². The van der Waals surface area contributed by atoms with Crippen LogP contribution in [0.3, 0.4) is 0 Å². The van der Waals surface area contributed by atoms with Gasteiger partial charge in [-0.1, -0.05) is 20.8 Å². The molecule has 0 spiro atoms. The van der Waals surface area contributed by atoms with Crippen molar-refractivity contribution < 1.29 is 5.11 Å². The Bertz CT molecular complexity index is 255. The Kier molecular flexibility index (Phi) is 3.48. The molecule has 0 aliphatic carbocycles. The summed E-state index contributed by atoms with van der Waals surface area (Å²) in [5, 5.41) is 14.0. The maximum absolute atomic E-state index is 9.83. The van der Waals surface area contributed by atoms with Gasteiger partial charge in [-0.15, -0.1) is 0 Å². The van der Waals surface area contributed by atoms with E-state index in [1.165, 1.54) is 0 Å². The molecular formula is C10H18N2O. The molecule has 1 N–H and O–H groups in total. The lowest BCUT2D eigenvalue weighted by atomic mass is 10.0. The Morgan fingerprint density at radius 1 is 1.54 bits per heavy atom. The quantitative estimate of drug-likeness (QED) is 0.773. The molecule has 1 aromatic heterocycles. The number of aromatic nitrogens is 2. The highest BCUT2D eigenvalue weighted by Gasteiger charge is 2.15. The first kappa shape index (κ1) is 10.3. The Hall–Kier alpha value is -0.830. The first-order chi connectivity index (χ1) is 6.16. The second-order valence-corrected chi connectivity index (χ2v) is 3.67. The first-order valence-electron chi connectivity index (χ1n) is 4.86. The van der Waals surface area contributed by atoms with Crippen LogP contribution >= 0.6 is 0 Å². The predicted molar refractivity (Wildman–Crippen MR) is 52.3 cm³/mol. The molecule has 1 rings (SSSR count). The van der Waals surface area contributed by atoms with Gasteiger partial charge >= 0.3 is 0 Å². The standard InChI is InChI=1S/C10H18N2O/c1-4-7-12-9(5-6-11-12)10(13)8(2)3/h5-6,8,10,13H,4,7H2,1-3H3. The molecule has 0 fully saturated rings. The Morgan fingerprint density at radius 2 is 2.23 bits per heavy atom. The van der Waals surface area contributed by atoms with Crippen molar-refractivity contribution in [2.24, 2.45) is 5.92 Å². The average Bonchev–Trinajstić information content (AvgIpc) is 2.52. The van der Waals surface area contributed by atoms with E-state index in [1.807, 2.05) is 24.6 Å². The molecule has 1 atom stereocenters. The van der Waals surface area contributed by atoms with Crippen LogP contribution < -0.4 is 0 Å². The van der Waals surface area contributed by atoms with Crippen LogP contribution in [0, 0.1) is 5.92 Å². The van der Waals surface area contributed by atoms with Crippen LogP contribution in [0.4, 0.5) is 0 Å². The molecular weight excluding hydrogens is 164 g/mol. The van der Waals surface area contributed by atoms with E-state index in [2.05, 4.69) is 12.0 Å². The lowest BCUT2D eigenvalue weighted by molar-refractivity contribution is 0.116. The molecule has 1 unspecified atom stereocenters. The van der Waals surface area contributed by atoms with Crippen LogP contribution in [0.15, 0.2) is 12.3 Å². The summed E-state index contributed by atoms with van der Waals surface area (Å²) in [7, 11) is 0. The lowest BCUT2D eigenvalue weighted by Gasteiger charge is -2.15. The van der Waals surface area contributed by atoms with Gasteiger partial charge in [-0.2, -0.15) is 5.10 Å². The Morgan fingerprint density at radius 3 is 2.77 bits per heavy atom. The molecule has 3 heteroatoms. The molecule has 0 aliphatic heterocycles. The van der Waals surface area contributed by atoms with Gasteiger partial charge in [0.2, 0.25) is 0 Å². The van der Waals surface area contributed by atoms with E-state index in [4.69, 9.17) is 0 Å². The fraction of sp³-hybridized carbons (Fsp3) is 0.700. The second kappa shape index (κ2) is 4.42. The molecule has 1 heterocycles. The SMILES string of the molecule is CCCn1nccc1C(O)C(C)C. The lowest BCUT2D eigenvalue weighted by Crippen LogP contribution is -2.13. The molecule has 3 nitrogen and oxygen atoms in total. The van der Waals surface area contributed by atoms with E-state index in [-0.39, 0.29) is 5.92 Å². The van der Waals surface area contributed by atoms with Crippen LogP contribution in [0.5, 0.6) is 0 Å². The Labute approximate surface area is 79.4 Å². The molecule has 0 saturated heterocycles. The van der Waals surface area contributed by atoms with Gasteiger partial charge in [0.25, 0.3) is 0 Å². The van der Waals surface area contributed by atoms with Crippen molar-refractivity contribution in [3.8, 4) is 0 Å². The minimum absolute atomic E-state index is 0.243. The van der Waals surface area contributed by atoms with E-state index >= 15 is 0 Å². The van der Waals surface area contributed by atoms with Gasteiger partial charge in [-0.25, -0.2) is 0 Å². The van der Waals surface area contributed by atoms with Gasteiger partial charge in [0.15, 0.2) is 0 Å². The molecule has 1 aromatic rings. The van der Waals surface area contributed by atoms with Crippen LogP contribution in [0.25, 0.3) is 0 Å². The molecule has 74 valence electrons. The summed E-state index contributed by atoms with van der Waals surface area (Å²) in [6.45, 7) is 7.00. The van der Waals surface area contributed by atoms with Crippen molar-refractivity contribution in [1.82, 2.24) is 9.78 Å². The molecule has 0 radical (unpaired) electrons. The summed E-state index contributed by atoms with van der Waals surface area (Å²) in [6.07, 6.45) is 2.39. The monoisotopic (exact) mass is 182 g/mol. The van der Waals surface area contributed by atoms with E-state index in [0.717, 1.165) is 18.7 Å². The minimum Gasteiger partial charge on any atom is -0.387 e. The summed E-state index contributed by atoms with van der Waals surface area (Å²) >= 11 is 0. The van der Waals surface area contributed by atoms with E-state index in [1.54, 1.807) is 6.20 Å². The third-order valence-electron chi connectivity index (χ3n) is 2.12. The van der Waals surface area contributed by atoms with E-state index in [0.29, 0.717) is 0 Å². The highest BCUT2D eigenvalue weighted by Crippen LogP contribution is 2.20. The summed E-state index contributed by atoms with van der Waals surface area (Å²) in [6, 6.07) is 1.89. The average molecular weight is 182 g/mol. The number of aryl methyl sites for hydroxylation is 1. The molecule has 0 aromatic carbocycles. The second-order valence-electron chi connectivity index (χ2n) is 3.67.